The van der Waals surface area contributed by atoms with Crippen LogP contribution in [0.5, 0.6) is 5.75 Å². The molecule has 0 spiro atoms. The van der Waals surface area contributed by atoms with E-state index in [2.05, 4.69) is 37.9 Å². The first kappa shape index (κ1) is 12.9. The summed E-state index contributed by atoms with van der Waals surface area (Å²) in [7, 11) is 0. The van der Waals surface area contributed by atoms with Crippen LogP contribution < -0.4 is 5.32 Å². The molecule has 2 N–H and O–H groups in total. The molecule has 6 heteroatoms. The van der Waals surface area contributed by atoms with Crippen molar-refractivity contribution in [3.05, 3.63) is 52.6 Å². The fourth-order valence-corrected chi connectivity index (χ4v) is 2.64. The zero-order chi connectivity index (χ0) is 13.9. The molecule has 0 fully saturated rings. The monoisotopic (exact) mass is 379 g/mol. The first-order valence-electron chi connectivity index (χ1n) is 5.85. The molecule has 0 radical (unpaired) electrons. The summed E-state index contributed by atoms with van der Waals surface area (Å²) in [5.74, 6) is 1.31. The van der Waals surface area contributed by atoms with Crippen LogP contribution in [0.1, 0.15) is 0 Å². The van der Waals surface area contributed by atoms with E-state index >= 15 is 0 Å². The zero-order valence-electron chi connectivity index (χ0n) is 10.2. The minimum absolute atomic E-state index is 0.136. The Hall–Kier alpha value is -2.09. The molecule has 0 aliphatic rings. The molecule has 0 atom stereocenters. The standard InChI is InChI=1S/C14H10IN3O2/c15-12-9(11-3-1-8-20-11)4-5-10(19)13(12)18-14-16-6-2-7-17-14/h1-8,19H,(H,16,17,18). The predicted molar refractivity (Wildman–Crippen MR) is 83.8 cm³/mol. The number of benzene rings is 1. The first-order valence-corrected chi connectivity index (χ1v) is 6.93. The number of aromatic hydroxyl groups is 1. The van der Waals surface area contributed by atoms with Crippen LogP contribution >= 0.6 is 22.6 Å². The van der Waals surface area contributed by atoms with Crippen molar-refractivity contribution in [2.75, 3.05) is 5.32 Å². The third kappa shape index (κ3) is 2.46. The Morgan fingerprint density at radius 2 is 1.90 bits per heavy atom. The molecule has 3 aromatic rings. The molecule has 0 aliphatic carbocycles. The lowest BCUT2D eigenvalue weighted by Crippen LogP contribution is -1.99. The van der Waals surface area contributed by atoms with Gasteiger partial charge in [-0.1, -0.05) is 0 Å². The van der Waals surface area contributed by atoms with Crippen molar-refractivity contribution < 1.29 is 9.52 Å². The fraction of sp³-hybridized carbons (Fsp3) is 0. The number of nitrogens with zero attached hydrogens (tertiary/aromatic N) is 2. The Labute approximate surface area is 128 Å². The van der Waals surface area contributed by atoms with Gasteiger partial charge in [-0.25, -0.2) is 9.97 Å². The van der Waals surface area contributed by atoms with Crippen molar-refractivity contribution in [2.45, 2.75) is 0 Å². The lowest BCUT2D eigenvalue weighted by molar-refractivity contribution is 0.477. The topological polar surface area (TPSA) is 71.2 Å². The van der Waals surface area contributed by atoms with Gasteiger partial charge in [-0.05, 0) is 52.9 Å². The van der Waals surface area contributed by atoms with E-state index in [9.17, 15) is 5.11 Å². The van der Waals surface area contributed by atoms with E-state index in [4.69, 9.17) is 4.42 Å². The lowest BCUT2D eigenvalue weighted by atomic mass is 10.1. The highest BCUT2D eigenvalue weighted by molar-refractivity contribution is 14.1. The van der Waals surface area contributed by atoms with Gasteiger partial charge >= 0.3 is 0 Å². The highest BCUT2D eigenvalue weighted by atomic mass is 127. The minimum atomic E-state index is 0.136. The maximum absolute atomic E-state index is 10.0. The molecular weight excluding hydrogens is 369 g/mol. The van der Waals surface area contributed by atoms with Crippen LogP contribution in [0.25, 0.3) is 11.3 Å². The fourth-order valence-electron chi connectivity index (χ4n) is 1.78. The van der Waals surface area contributed by atoms with Gasteiger partial charge in [0.15, 0.2) is 0 Å². The Morgan fingerprint density at radius 1 is 1.10 bits per heavy atom. The number of phenolic OH excluding ortho intramolecular Hbond substituents is 1. The molecule has 0 aliphatic heterocycles. The second-order valence-corrected chi connectivity index (χ2v) is 5.07. The van der Waals surface area contributed by atoms with E-state index in [1.165, 1.54) is 0 Å². The van der Waals surface area contributed by atoms with Gasteiger partial charge in [0.25, 0.3) is 0 Å². The number of furan rings is 1. The van der Waals surface area contributed by atoms with Crippen molar-refractivity contribution in [3.63, 3.8) is 0 Å². The molecule has 100 valence electrons. The Bertz CT molecular complexity index is 715. The number of rotatable bonds is 3. The Kier molecular flexibility index (Phi) is 3.55. The van der Waals surface area contributed by atoms with Gasteiger partial charge in [-0.3, -0.25) is 0 Å². The van der Waals surface area contributed by atoms with Crippen LogP contribution in [0.3, 0.4) is 0 Å². The molecule has 20 heavy (non-hydrogen) atoms. The van der Waals surface area contributed by atoms with E-state index in [0.29, 0.717) is 11.6 Å². The predicted octanol–water partition coefficient (Wildman–Crippen LogP) is 3.79. The van der Waals surface area contributed by atoms with Crippen molar-refractivity contribution >= 4 is 34.2 Å². The quantitative estimate of drug-likeness (QED) is 0.535. The second-order valence-electron chi connectivity index (χ2n) is 4.00. The summed E-state index contributed by atoms with van der Waals surface area (Å²) in [4.78, 5) is 8.18. The van der Waals surface area contributed by atoms with Crippen molar-refractivity contribution in [1.82, 2.24) is 9.97 Å². The van der Waals surface area contributed by atoms with E-state index in [0.717, 1.165) is 14.9 Å². The largest absolute Gasteiger partial charge is 0.506 e. The van der Waals surface area contributed by atoms with Crippen LogP contribution in [-0.2, 0) is 0 Å². The number of hydrogen-bond donors (Lipinski definition) is 2. The van der Waals surface area contributed by atoms with Gasteiger partial charge in [0.05, 0.1) is 15.5 Å². The number of aromatic nitrogens is 2. The molecule has 3 rings (SSSR count). The summed E-state index contributed by atoms with van der Waals surface area (Å²) in [5, 5.41) is 13.0. The van der Waals surface area contributed by atoms with Gasteiger partial charge in [0.1, 0.15) is 11.5 Å². The SMILES string of the molecule is Oc1ccc(-c2ccco2)c(I)c1Nc1ncccn1. The van der Waals surface area contributed by atoms with Crippen LogP contribution in [-0.4, -0.2) is 15.1 Å². The van der Waals surface area contributed by atoms with E-state index in [1.807, 2.05) is 18.2 Å². The van der Waals surface area contributed by atoms with Crippen molar-refractivity contribution in [3.8, 4) is 17.1 Å². The van der Waals surface area contributed by atoms with Crippen LogP contribution in [0.2, 0.25) is 0 Å². The maximum atomic E-state index is 10.0. The van der Waals surface area contributed by atoms with Crippen molar-refractivity contribution in [1.29, 1.82) is 0 Å². The Morgan fingerprint density at radius 3 is 2.60 bits per heavy atom. The van der Waals surface area contributed by atoms with Crippen LogP contribution in [0.4, 0.5) is 11.6 Å². The number of hydrogen-bond acceptors (Lipinski definition) is 5. The van der Waals surface area contributed by atoms with Crippen molar-refractivity contribution in [2.24, 2.45) is 0 Å². The van der Waals surface area contributed by atoms with Gasteiger partial charge in [0, 0.05) is 18.0 Å². The van der Waals surface area contributed by atoms with Gasteiger partial charge < -0.3 is 14.8 Å². The average molecular weight is 379 g/mol. The smallest absolute Gasteiger partial charge is 0.227 e. The second kappa shape index (κ2) is 5.49. The number of anilines is 2. The van der Waals surface area contributed by atoms with E-state index in [-0.39, 0.29) is 5.75 Å². The summed E-state index contributed by atoms with van der Waals surface area (Å²) in [6, 6.07) is 8.86. The zero-order valence-corrected chi connectivity index (χ0v) is 12.4. The number of halogens is 1. The normalized spacial score (nSPS) is 10.4. The van der Waals surface area contributed by atoms with Crippen LogP contribution in [0, 0.1) is 3.57 Å². The highest BCUT2D eigenvalue weighted by Gasteiger charge is 2.14. The summed E-state index contributed by atoms with van der Waals surface area (Å²) >= 11 is 2.16. The molecule has 5 nitrogen and oxygen atoms in total. The summed E-state index contributed by atoms with van der Waals surface area (Å²) in [5.41, 5.74) is 1.46. The first-order chi connectivity index (χ1) is 9.75. The maximum Gasteiger partial charge on any atom is 0.227 e. The van der Waals surface area contributed by atoms with E-state index < -0.39 is 0 Å². The summed E-state index contributed by atoms with van der Waals surface area (Å²) in [6.45, 7) is 0. The average Bonchev–Trinajstić information content (AvgIpc) is 2.98. The molecule has 2 heterocycles. The molecule has 0 saturated heterocycles. The molecule has 0 amide bonds. The van der Waals surface area contributed by atoms with E-state index in [1.54, 1.807) is 30.8 Å². The lowest BCUT2D eigenvalue weighted by Gasteiger charge is -2.11. The third-order valence-corrected chi connectivity index (χ3v) is 3.83. The molecule has 1 aromatic carbocycles. The van der Waals surface area contributed by atoms with Gasteiger partial charge in [-0.2, -0.15) is 0 Å². The van der Waals surface area contributed by atoms with Gasteiger partial charge in [-0.15, -0.1) is 0 Å². The molecular formula is C14H10IN3O2. The summed E-state index contributed by atoms with van der Waals surface area (Å²) < 4.78 is 6.24. The number of nitrogens with one attached hydrogen (secondary N) is 1. The van der Waals surface area contributed by atoms with Gasteiger partial charge in [0.2, 0.25) is 5.95 Å². The molecule has 0 unspecified atom stereocenters. The summed E-state index contributed by atoms with van der Waals surface area (Å²) in [6.07, 6.45) is 4.89. The third-order valence-electron chi connectivity index (χ3n) is 2.71. The minimum Gasteiger partial charge on any atom is -0.506 e. The molecule has 0 saturated carbocycles. The number of phenols is 1. The molecule has 0 bridgehead atoms. The highest BCUT2D eigenvalue weighted by Crippen LogP contribution is 2.37. The van der Waals surface area contributed by atoms with Crippen LogP contribution in [0.15, 0.2) is 53.4 Å². The Balaban J connectivity index is 2.04. The molecule has 2 aromatic heterocycles.